The maximum absolute atomic E-state index is 11.3. The second kappa shape index (κ2) is 5.71. The fourth-order valence-electron chi connectivity index (χ4n) is 1.95. The maximum atomic E-state index is 11.3. The van der Waals surface area contributed by atoms with Gasteiger partial charge < -0.3 is 19.5 Å². The Morgan fingerprint density at radius 2 is 1.95 bits per heavy atom. The molecule has 0 aliphatic rings. The van der Waals surface area contributed by atoms with Gasteiger partial charge in [0.15, 0.2) is 0 Å². The van der Waals surface area contributed by atoms with E-state index in [2.05, 4.69) is 0 Å². The van der Waals surface area contributed by atoms with E-state index in [1.54, 1.807) is 12.1 Å². The van der Waals surface area contributed by atoms with Gasteiger partial charge in [-0.05, 0) is 16.8 Å². The van der Waals surface area contributed by atoms with Crippen LogP contribution in [0.5, 0.6) is 5.75 Å². The van der Waals surface area contributed by atoms with Crippen LogP contribution in [-0.4, -0.2) is 33.2 Å². The number of benzene rings is 2. The third-order valence-corrected chi connectivity index (χ3v) is 2.95. The van der Waals surface area contributed by atoms with Gasteiger partial charge in [-0.1, -0.05) is 30.3 Å². The number of hydrogen-bond donors (Lipinski definition) is 1. The molecule has 0 saturated carbocycles. The Morgan fingerprint density at radius 1 is 1.21 bits per heavy atom. The molecular formula is C15H17NO3. The molecule has 0 saturated heterocycles. The summed E-state index contributed by atoms with van der Waals surface area (Å²) >= 11 is 0. The van der Waals surface area contributed by atoms with Crippen molar-refractivity contribution in [3.05, 3.63) is 42.0 Å². The lowest BCUT2D eigenvalue weighted by Crippen LogP contribution is -3.06. The predicted octanol–water partition coefficient (Wildman–Crippen LogP) is -0.273. The number of carbonyl (C=O) groups excluding carboxylic acids is 1. The third-order valence-electron chi connectivity index (χ3n) is 2.95. The summed E-state index contributed by atoms with van der Waals surface area (Å²) in [6.07, 6.45) is 0. The van der Waals surface area contributed by atoms with Crippen LogP contribution in [0.1, 0.15) is 10.4 Å². The molecule has 0 aliphatic heterocycles. The zero-order valence-corrected chi connectivity index (χ0v) is 11.1. The lowest BCUT2D eigenvalue weighted by molar-refractivity contribution is -0.858. The Labute approximate surface area is 112 Å². The first-order valence-corrected chi connectivity index (χ1v) is 6.24. The van der Waals surface area contributed by atoms with Gasteiger partial charge in [0.25, 0.3) is 0 Å². The van der Waals surface area contributed by atoms with Gasteiger partial charge in [0.05, 0.1) is 20.1 Å². The number of nitrogens with one attached hydrogen (secondary N) is 1. The first kappa shape index (κ1) is 13.4. The minimum atomic E-state index is -1.20. The molecule has 0 radical (unpaired) electrons. The van der Waals surface area contributed by atoms with Crippen LogP contribution in [0.25, 0.3) is 10.8 Å². The van der Waals surface area contributed by atoms with Crippen LogP contribution in [0.4, 0.5) is 0 Å². The van der Waals surface area contributed by atoms with E-state index in [1.807, 2.05) is 38.4 Å². The summed E-state index contributed by atoms with van der Waals surface area (Å²) in [6.45, 7) is 1.28. The number of quaternary nitrogens is 1. The standard InChI is InChI=1S/C15H17NO3/c1-16(2)9-10-19-13-8-7-11-5-3-4-6-12(11)14(13)15(17)18/h3-8H,9-10H2,1-2H3,(H,17,18). The molecule has 2 rings (SSSR count). The Kier molecular flexibility index (Phi) is 4.02. The summed E-state index contributed by atoms with van der Waals surface area (Å²) in [5.41, 5.74) is 0.131. The van der Waals surface area contributed by atoms with Crippen molar-refractivity contribution >= 4 is 16.7 Å². The largest absolute Gasteiger partial charge is 0.545 e. The van der Waals surface area contributed by atoms with Crippen molar-refractivity contribution in [2.24, 2.45) is 0 Å². The average molecular weight is 259 g/mol. The van der Waals surface area contributed by atoms with E-state index < -0.39 is 5.97 Å². The van der Waals surface area contributed by atoms with Gasteiger partial charge in [-0.3, -0.25) is 0 Å². The third kappa shape index (κ3) is 3.03. The SMILES string of the molecule is C[NH+](C)CCOc1ccc2ccccc2c1C(=O)[O-]. The second-order valence-electron chi connectivity index (χ2n) is 4.75. The highest BCUT2D eigenvalue weighted by atomic mass is 16.5. The van der Waals surface area contributed by atoms with Gasteiger partial charge in [-0.2, -0.15) is 0 Å². The molecule has 0 atom stereocenters. The van der Waals surface area contributed by atoms with E-state index in [0.717, 1.165) is 11.9 Å². The Hall–Kier alpha value is -2.07. The Bertz CT molecular complexity index is 593. The Balaban J connectivity index is 2.37. The lowest BCUT2D eigenvalue weighted by atomic mass is 10.0. The van der Waals surface area contributed by atoms with Gasteiger partial charge >= 0.3 is 0 Å². The van der Waals surface area contributed by atoms with E-state index in [9.17, 15) is 9.90 Å². The predicted molar refractivity (Wildman–Crippen MR) is 71.5 cm³/mol. The number of carboxylic acids is 1. The molecule has 2 aromatic rings. The summed E-state index contributed by atoms with van der Waals surface area (Å²) in [5, 5.41) is 12.9. The number of ether oxygens (including phenoxy) is 1. The van der Waals surface area contributed by atoms with Crippen LogP contribution in [-0.2, 0) is 0 Å². The molecule has 0 aromatic heterocycles. The number of carboxylic acid groups (broad SMARTS) is 1. The fourth-order valence-corrected chi connectivity index (χ4v) is 1.95. The molecule has 0 bridgehead atoms. The molecule has 19 heavy (non-hydrogen) atoms. The van der Waals surface area contributed by atoms with Crippen molar-refractivity contribution < 1.29 is 19.5 Å². The topological polar surface area (TPSA) is 53.8 Å². The van der Waals surface area contributed by atoms with Crippen molar-refractivity contribution in [2.75, 3.05) is 27.2 Å². The number of hydrogen-bond acceptors (Lipinski definition) is 3. The summed E-state index contributed by atoms with van der Waals surface area (Å²) in [7, 11) is 4.03. The number of rotatable bonds is 5. The normalized spacial score (nSPS) is 10.9. The van der Waals surface area contributed by atoms with Gasteiger partial charge in [0.2, 0.25) is 0 Å². The highest BCUT2D eigenvalue weighted by Gasteiger charge is 2.10. The molecule has 0 heterocycles. The molecule has 1 N–H and O–H groups in total. The molecule has 0 fully saturated rings. The fraction of sp³-hybridized carbons (Fsp3) is 0.267. The molecule has 4 nitrogen and oxygen atoms in total. The van der Waals surface area contributed by atoms with Gasteiger partial charge in [0, 0.05) is 5.56 Å². The number of fused-ring (bicyclic) bond motifs is 1. The number of carbonyl (C=O) groups is 1. The van der Waals surface area contributed by atoms with Crippen molar-refractivity contribution in [3.63, 3.8) is 0 Å². The first-order chi connectivity index (χ1) is 9.09. The van der Waals surface area contributed by atoms with Crippen LogP contribution >= 0.6 is 0 Å². The number of aromatic carboxylic acids is 1. The number of likely N-dealkylation sites (N-methyl/N-ethyl adjacent to an activating group) is 1. The van der Waals surface area contributed by atoms with Crippen LogP contribution in [0.2, 0.25) is 0 Å². The molecule has 2 aromatic carbocycles. The highest BCUT2D eigenvalue weighted by Crippen LogP contribution is 2.27. The van der Waals surface area contributed by atoms with Crippen molar-refractivity contribution in [1.82, 2.24) is 0 Å². The van der Waals surface area contributed by atoms with E-state index in [-0.39, 0.29) is 5.56 Å². The highest BCUT2D eigenvalue weighted by molar-refractivity contribution is 6.05. The van der Waals surface area contributed by atoms with Gasteiger partial charge in [0.1, 0.15) is 18.9 Å². The minimum Gasteiger partial charge on any atom is -0.545 e. The van der Waals surface area contributed by atoms with Crippen molar-refractivity contribution in [3.8, 4) is 5.75 Å². The summed E-state index contributed by atoms with van der Waals surface area (Å²) in [6, 6.07) is 10.9. The van der Waals surface area contributed by atoms with Crippen molar-refractivity contribution in [1.29, 1.82) is 0 Å². The van der Waals surface area contributed by atoms with Gasteiger partial charge in [-0.25, -0.2) is 0 Å². The molecule has 100 valence electrons. The van der Waals surface area contributed by atoms with E-state index in [4.69, 9.17) is 4.74 Å². The Morgan fingerprint density at radius 3 is 2.63 bits per heavy atom. The smallest absolute Gasteiger partial charge is 0.137 e. The molecule has 0 spiro atoms. The van der Waals surface area contributed by atoms with E-state index >= 15 is 0 Å². The summed E-state index contributed by atoms with van der Waals surface area (Å²) < 4.78 is 5.58. The van der Waals surface area contributed by atoms with Crippen LogP contribution in [0, 0.1) is 0 Å². The average Bonchev–Trinajstić information content (AvgIpc) is 2.37. The minimum absolute atomic E-state index is 0.131. The quantitative estimate of drug-likeness (QED) is 0.804. The first-order valence-electron chi connectivity index (χ1n) is 6.24. The second-order valence-corrected chi connectivity index (χ2v) is 4.75. The molecule has 4 heteroatoms. The lowest BCUT2D eigenvalue weighted by Gasteiger charge is -2.15. The van der Waals surface area contributed by atoms with Crippen LogP contribution in [0.3, 0.4) is 0 Å². The van der Waals surface area contributed by atoms with Gasteiger partial charge in [-0.15, -0.1) is 0 Å². The van der Waals surface area contributed by atoms with E-state index in [0.29, 0.717) is 17.7 Å². The molecular weight excluding hydrogens is 242 g/mol. The zero-order chi connectivity index (χ0) is 13.8. The van der Waals surface area contributed by atoms with Crippen molar-refractivity contribution in [2.45, 2.75) is 0 Å². The molecule has 0 amide bonds. The van der Waals surface area contributed by atoms with Crippen LogP contribution in [0.15, 0.2) is 36.4 Å². The van der Waals surface area contributed by atoms with Crippen LogP contribution < -0.4 is 14.7 Å². The van der Waals surface area contributed by atoms with E-state index in [1.165, 1.54) is 4.90 Å². The molecule has 0 aliphatic carbocycles. The molecule has 0 unspecified atom stereocenters. The maximum Gasteiger partial charge on any atom is 0.137 e. The zero-order valence-electron chi connectivity index (χ0n) is 11.1. The summed E-state index contributed by atoms with van der Waals surface area (Å²) in [4.78, 5) is 12.6. The monoisotopic (exact) mass is 259 g/mol. The summed E-state index contributed by atoms with van der Waals surface area (Å²) in [5.74, 6) is -0.830.